The molecule has 5 heteroatoms. The summed E-state index contributed by atoms with van der Waals surface area (Å²) in [5.74, 6) is 1.35. The topological polar surface area (TPSA) is 44.1 Å². The second-order valence-electron chi connectivity index (χ2n) is 4.15. The van der Waals surface area contributed by atoms with Gasteiger partial charge in [0.25, 0.3) is 0 Å². The van der Waals surface area contributed by atoms with Gasteiger partial charge in [-0.15, -0.1) is 11.8 Å². The summed E-state index contributed by atoms with van der Waals surface area (Å²) in [5.41, 5.74) is 0.461. The Kier molecular flexibility index (Phi) is 2.83. The van der Waals surface area contributed by atoms with Gasteiger partial charge in [0.05, 0.1) is 6.33 Å². The number of fused-ring (bicyclic) bond motifs is 1. The molecule has 0 fully saturated rings. The third-order valence-corrected chi connectivity index (χ3v) is 3.88. The molecule has 92 valence electrons. The molecule has 0 N–H and O–H groups in total. The first-order valence-electron chi connectivity index (χ1n) is 5.65. The predicted octanol–water partition coefficient (Wildman–Crippen LogP) is 2.16. The quantitative estimate of drug-likeness (QED) is 0.776. The lowest BCUT2D eigenvalue weighted by Gasteiger charge is -2.23. The molecule has 1 aromatic carbocycles. The summed E-state index contributed by atoms with van der Waals surface area (Å²) in [4.78, 5) is 17.4. The Labute approximate surface area is 109 Å². The molecule has 18 heavy (non-hydrogen) atoms. The smallest absolute Gasteiger partial charge is 0.223 e. The number of Topliss-reactive ketones (excluding diaryl/α,β-unsaturated/α-hetero) is 1. The molecule has 0 radical (unpaired) electrons. The standard InChI is InChI=1S/C13H12N2O2S/c1-15-6-9(14-8-15)13(16)11-7-18-12-5-3-2-4-10(12)17-11/h2-6,8,11H,7H2,1H3. The maximum Gasteiger partial charge on any atom is 0.223 e. The fourth-order valence-electron chi connectivity index (χ4n) is 1.85. The number of nitrogens with zero attached hydrogens (tertiary/aromatic N) is 2. The highest BCUT2D eigenvalue weighted by atomic mass is 32.2. The van der Waals surface area contributed by atoms with Gasteiger partial charge in [-0.1, -0.05) is 12.1 Å². The number of imidazole rings is 1. The molecule has 1 aromatic heterocycles. The maximum atomic E-state index is 12.2. The minimum Gasteiger partial charge on any atom is -0.480 e. The van der Waals surface area contributed by atoms with Crippen LogP contribution in [0.25, 0.3) is 0 Å². The van der Waals surface area contributed by atoms with Crippen LogP contribution in [0.1, 0.15) is 10.5 Å². The van der Waals surface area contributed by atoms with Gasteiger partial charge in [0, 0.05) is 23.9 Å². The molecule has 0 bridgehead atoms. The van der Waals surface area contributed by atoms with E-state index in [2.05, 4.69) is 4.98 Å². The van der Waals surface area contributed by atoms with Gasteiger partial charge >= 0.3 is 0 Å². The molecule has 0 amide bonds. The molecule has 0 aliphatic carbocycles. The highest BCUT2D eigenvalue weighted by Gasteiger charge is 2.28. The van der Waals surface area contributed by atoms with Crippen molar-refractivity contribution in [3.63, 3.8) is 0 Å². The normalized spacial score (nSPS) is 17.9. The highest BCUT2D eigenvalue weighted by Crippen LogP contribution is 2.35. The zero-order valence-corrected chi connectivity index (χ0v) is 10.7. The Bertz CT molecular complexity index is 594. The van der Waals surface area contributed by atoms with E-state index in [0.29, 0.717) is 11.4 Å². The Balaban J connectivity index is 1.82. The lowest BCUT2D eigenvalue weighted by atomic mass is 10.2. The number of ether oxygens (including phenoxy) is 1. The number of aromatic nitrogens is 2. The minimum absolute atomic E-state index is 0.0578. The van der Waals surface area contributed by atoms with Crippen LogP contribution in [0.5, 0.6) is 5.75 Å². The molecule has 1 atom stereocenters. The molecule has 1 unspecified atom stereocenters. The molecule has 1 aliphatic heterocycles. The second kappa shape index (κ2) is 4.49. The summed E-state index contributed by atoms with van der Waals surface area (Å²) in [6, 6.07) is 7.77. The second-order valence-corrected chi connectivity index (χ2v) is 5.21. The third kappa shape index (κ3) is 2.01. The van der Waals surface area contributed by atoms with Gasteiger partial charge in [-0.05, 0) is 12.1 Å². The van der Waals surface area contributed by atoms with E-state index < -0.39 is 6.10 Å². The zero-order valence-electron chi connectivity index (χ0n) is 9.87. The SMILES string of the molecule is Cn1cnc(C(=O)C2CSc3ccccc3O2)c1. The average molecular weight is 260 g/mol. The summed E-state index contributed by atoms with van der Waals surface area (Å²) >= 11 is 1.65. The van der Waals surface area contributed by atoms with E-state index in [1.165, 1.54) is 0 Å². The van der Waals surface area contributed by atoms with Gasteiger partial charge in [0.1, 0.15) is 11.4 Å². The van der Waals surface area contributed by atoms with Crippen LogP contribution in [-0.2, 0) is 7.05 Å². The fraction of sp³-hybridized carbons (Fsp3) is 0.231. The van der Waals surface area contributed by atoms with Gasteiger partial charge in [0.2, 0.25) is 5.78 Å². The summed E-state index contributed by atoms with van der Waals surface area (Å²) in [5, 5.41) is 0. The van der Waals surface area contributed by atoms with E-state index in [1.807, 2.05) is 31.3 Å². The number of para-hydroxylation sites is 1. The van der Waals surface area contributed by atoms with Crippen molar-refractivity contribution in [1.29, 1.82) is 0 Å². The highest BCUT2D eigenvalue weighted by molar-refractivity contribution is 7.99. The first-order chi connectivity index (χ1) is 8.74. The number of aryl methyl sites for hydroxylation is 1. The van der Waals surface area contributed by atoms with Crippen LogP contribution in [0.2, 0.25) is 0 Å². The Morgan fingerprint density at radius 1 is 1.50 bits per heavy atom. The van der Waals surface area contributed by atoms with Gasteiger partial charge in [-0.25, -0.2) is 4.98 Å². The van der Waals surface area contributed by atoms with Crippen LogP contribution in [0.4, 0.5) is 0 Å². The number of hydrogen-bond acceptors (Lipinski definition) is 4. The lowest BCUT2D eigenvalue weighted by molar-refractivity contribution is 0.0810. The number of ketones is 1. The lowest BCUT2D eigenvalue weighted by Crippen LogP contribution is -2.32. The van der Waals surface area contributed by atoms with Crippen LogP contribution in [0, 0.1) is 0 Å². The number of benzene rings is 1. The molecular formula is C13H12N2O2S. The number of carbonyl (C=O) groups excluding carboxylic acids is 1. The molecule has 3 rings (SSSR count). The molecule has 0 spiro atoms. The van der Waals surface area contributed by atoms with E-state index in [0.717, 1.165) is 10.6 Å². The van der Waals surface area contributed by atoms with Crippen molar-refractivity contribution in [2.75, 3.05) is 5.75 Å². The molecule has 0 saturated heterocycles. The third-order valence-electron chi connectivity index (χ3n) is 2.76. The largest absolute Gasteiger partial charge is 0.480 e. The molecule has 4 nitrogen and oxygen atoms in total. The summed E-state index contributed by atoms with van der Waals surface area (Å²) in [6.07, 6.45) is 2.90. The number of rotatable bonds is 2. The van der Waals surface area contributed by atoms with Crippen LogP contribution in [0.15, 0.2) is 41.7 Å². The molecule has 1 aliphatic rings. The van der Waals surface area contributed by atoms with Crippen molar-refractivity contribution in [3.05, 3.63) is 42.5 Å². The van der Waals surface area contributed by atoms with E-state index in [1.54, 1.807) is 28.9 Å². The van der Waals surface area contributed by atoms with Crippen molar-refractivity contribution >= 4 is 17.5 Å². The first kappa shape index (κ1) is 11.3. The van der Waals surface area contributed by atoms with Crippen molar-refractivity contribution in [3.8, 4) is 5.75 Å². The Morgan fingerprint density at radius 2 is 2.33 bits per heavy atom. The first-order valence-corrected chi connectivity index (χ1v) is 6.63. The Morgan fingerprint density at radius 3 is 3.11 bits per heavy atom. The summed E-state index contributed by atoms with van der Waals surface area (Å²) in [6.45, 7) is 0. The zero-order chi connectivity index (χ0) is 12.5. The van der Waals surface area contributed by atoms with Crippen molar-refractivity contribution in [1.82, 2.24) is 9.55 Å². The average Bonchev–Trinajstić information content (AvgIpc) is 2.84. The van der Waals surface area contributed by atoms with E-state index in [-0.39, 0.29) is 5.78 Å². The van der Waals surface area contributed by atoms with E-state index >= 15 is 0 Å². The summed E-state index contributed by atoms with van der Waals surface area (Å²) < 4.78 is 7.50. The molecular weight excluding hydrogens is 248 g/mol. The molecule has 2 heterocycles. The van der Waals surface area contributed by atoms with Crippen LogP contribution in [0.3, 0.4) is 0 Å². The minimum atomic E-state index is -0.445. The van der Waals surface area contributed by atoms with Crippen molar-refractivity contribution in [2.24, 2.45) is 7.05 Å². The van der Waals surface area contributed by atoms with Gasteiger partial charge in [-0.3, -0.25) is 4.79 Å². The Hall–Kier alpha value is -1.75. The summed E-state index contributed by atoms with van der Waals surface area (Å²) in [7, 11) is 1.84. The number of hydrogen-bond donors (Lipinski definition) is 0. The van der Waals surface area contributed by atoms with Crippen molar-refractivity contribution < 1.29 is 9.53 Å². The molecule has 0 saturated carbocycles. The van der Waals surface area contributed by atoms with E-state index in [9.17, 15) is 4.79 Å². The van der Waals surface area contributed by atoms with Crippen molar-refractivity contribution in [2.45, 2.75) is 11.0 Å². The van der Waals surface area contributed by atoms with Crippen LogP contribution < -0.4 is 4.74 Å². The van der Waals surface area contributed by atoms with E-state index in [4.69, 9.17) is 4.74 Å². The number of carbonyl (C=O) groups is 1. The van der Waals surface area contributed by atoms with Crippen LogP contribution >= 0.6 is 11.8 Å². The molecule has 2 aromatic rings. The number of thioether (sulfide) groups is 1. The maximum absolute atomic E-state index is 12.2. The van der Waals surface area contributed by atoms with Crippen LogP contribution in [-0.4, -0.2) is 27.2 Å². The monoisotopic (exact) mass is 260 g/mol. The predicted molar refractivity (Wildman–Crippen MR) is 69.1 cm³/mol. The van der Waals surface area contributed by atoms with Gasteiger partial charge < -0.3 is 9.30 Å². The fourth-order valence-corrected chi connectivity index (χ4v) is 2.84. The van der Waals surface area contributed by atoms with Gasteiger partial charge in [-0.2, -0.15) is 0 Å². The van der Waals surface area contributed by atoms with Gasteiger partial charge in [0.15, 0.2) is 6.10 Å².